The van der Waals surface area contributed by atoms with Crippen LogP contribution in [0.15, 0.2) is 60.7 Å². The quantitative estimate of drug-likeness (QED) is 0.453. The Morgan fingerprint density at radius 3 is 2.52 bits per heavy atom. The summed E-state index contributed by atoms with van der Waals surface area (Å²) in [6.45, 7) is 6.01. The van der Waals surface area contributed by atoms with E-state index in [0.717, 1.165) is 53.1 Å². The molecule has 0 atom stereocenters. The van der Waals surface area contributed by atoms with Gasteiger partial charge in [0.15, 0.2) is 11.5 Å². The molecule has 2 heterocycles. The Labute approximate surface area is 184 Å². The first-order valence-electron chi connectivity index (χ1n) is 10.8. The maximum atomic E-state index is 6.07. The second kappa shape index (κ2) is 9.40. The molecule has 0 spiro atoms. The number of hydrogen-bond donors (Lipinski definition) is 1. The second-order valence-corrected chi connectivity index (χ2v) is 8.69. The summed E-state index contributed by atoms with van der Waals surface area (Å²) in [6, 6.07) is 20.2. The zero-order chi connectivity index (χ0) is 21.7. The Bertz CT molecular complexity index is 1020. The van der Waals surface area contributed by atoms with Crippen LogP contribution in [0.5, 0.6) is 17.4 Å². The summed E-state index contributed by atoms with van der Waals surface area (Å²) < 4.78 is 17.1. The van der Waals surface area contributed by atoms with Gasteiger partial charge in [0.2, 0.25) is 12.7 Å². The lowest BCUT2D eigenvalue weighted by Crippen LogP contribution is -2.23. The highest BCUT2D eigenvalue weighted by atomic mass is 16.7. The van der Waals surface area contributed by atoms with E-state index in [2.05, 4.69) is 32.0 Å². The zero-order valence-corrected chi connectivity index (χ0v) is 18.3. The van der Waals surface area contributed by atoms with Crippen LogP contribution in [-0.2, 0) is 0 Å². The van der Waals surface area contributed by atoms with E-state index in [1.54, 1.807) is 0 Å². The molecule has 5 nitrogen and oxygen atoms in total. The van der Waals surface area contributed by atoms with E-state index in [4.69, 9.17) is 24.9 Å². The van der Waals surface area contributed by atoms with E-state index in [1.165, 1.54) is 0 Å². The van der Waals surface area contributed by atoms with Crippen LogP contribution >= 0.6 is 0 Å². The van der Waals surface area contributed by atoms with Gasteiger partial charge in [0, 0.05) is 11.6 Å². The molecule has 0 aliphatic carbocycles. The fraction of sp³-hybridized carbons (Fsp3) is 0.346. The lowest BCUT2D eigenvalue weighted by molar-refractivity contribution is 0.174. The molecule has 0 saturated heterocycles. The number of hydrogen-bond acceptors (Lipinski definition) is 5. The first kappa shape index (κ1) is 21.2. The monoisotopic (exact) mass is 418 g/mol. The molecule has 31 heavy (non-hydrogen) atoms. The molecule has 0 radical (unpaired) electrons. The van der Waals surface area contributed by atoms with Crippen molar-refractivity contribution >= 4 is 0 Å². The number of fused-ring (bicyclic) bond motifs is 1. The summed E-state index contributed by atoms with van der Waals surface area (Å²) >= 11 is 0. The predicted molar refractivity (Wildman–Crippen MR) is 123 cm³/mol. The van der Waals surface area contributed by atoms with Gasteiger partial charge in [-0.15, -0.1) is 0 Å². The predicted octanol–water partition coefficient (Wildman–Crippen LogP) is 5.68. The van der Waals surface area contributed by atoms with Crippen LogP contribution in [0, 0.1) is 5.41 Å². The summed E-state index contributed by atoms with van der Waals surface area (Å²) in [5.74, 6) is 2.17. The van der Waals surface area contributed by atoms with E-state index < -0.39 is 0 Å². The number of aromatic nitrogens is 1. The molecule has 5 heteroatoms. The van der Waals surface area contributed by atoms with Gasteiger partial charge in [0.1, 0.15) is 0 Å². The Morgan fingerprint density at radius 2 is 1.71 bits per heavy atom. The number of benzene rings is 2. The highest BCUT2D eigenvalue weighted by molar-refractivity contribution is 5.73. The Morgan fingerprint density at radius 1 is 0.903 bits per heavy atom. The molecule has 1 aromatic heterocycles. The van der Waals surface area contributed by atoms with Crippen molar-refractivity contribution in [3.63, 3.8) is 0 Å². The molecule has 0 saturated carbocycles. The molecule has 2 aromatic carbocycles. The van der Waals surface area contributed by atoms with Gasteiger partial charge in [-0.3, -0.25) is 0 Å². The van der Waals surface area contributed by atoms with Crippen LogP contribution in [0.2, 0.25) is 0 Å². The molecule has 0 unspecified atom stereocenters. The fourth-order valence-electron chi connectivity index (χ4n) is 3.56. The van der Waals surface area contributed by atoms with Gasteiger partial charge >= 0.3 is 0 Å². The molecule has 2 N–H and O–H groups in total. The van der Waals surface area contributed by atoms with Crippen LogP contribution in [0.3, 0.4) is 0 Å². The summed E-state index contributed by atoms with van der Waals surface area (Å²) in [4.78, 5) is 4.77. The standard InChI is InChI=1S/C26H30N2O3/c1-26(2,17-27)12-6-7-13-29-25-16-21(14-22(28-25)19-8-4-3-5-9-19)20-10-11-23-24(15-20)31-18-30-23/h3-5,8-11,14-16H,6-7,12-13,17-18,27H2,1-2H3. The third-order valence-electron chi connectivity index (χ3n) is 5.63. The molecule has 4 rings (SSSR count). The van der Waals surface area contributed by atoms with Crippen molar-refractivity contribution in [2.24, 2.45) is 11.1 Å². The molecule has 0 bridgehead atoms. The minimum absolute atomic E-state index is 0.179. The lowest BCUT2D eigenvalue weighted by atomic mass is 9.87. The Kier molecular flexibility index (Phi) is 6.42. The first-order chi connectivity index (χ1) is 15.0. The normalized spacial score (nSPS) is 12.7. The Hall–Kier alpha value is -3.05. The number of unbranched alkanes of at least 4 members (excludes halogenated alkanes) is 1. The topological polar surface area (TPSA) is 66.6 Å². The van der Waals surface area contributed by atoms with E-state index in [0.29, 0.717) is 19.0 Å². The second-order valence-electron chi connectivity index (χ2n) is 8.69. The van der Waals surface area contributed by atoms with Crippen LogP contribution in [0.25, 0.3) is 22.4 Å². The molecular formula is C26H30N2O3. The van der Waals surface area contributed by atoms with E-state index in [1.807, 2.05) is 42.5 Å². The van der Waals surface area contributed by atoms with E-state index in [-0.39, 0.29) is 12.2 Å². The minimum atomic E-state index is 0.179. The van der Waals surface area contributed by atoms with Gasteiger partial charge in [-0.1, -0.05) is 50.2 Å². The molecule has 1 aliphatic heterocycles. The van der Waals surface area contributed by atoms with E-state index >= 15 is 0 Å². The number of nitrogens with zero attached hydrogens (tertiary/aromatic N) is 1. The molecule has 0 amide bonds. The zero-order valence-electron chi connectivity index (χ0n) is 18.3. The lowest BCUT2D eigenvalue weighted by Gasteiger charge is -2.21. The maximum absolute atomic E-state index is 6.07. The van der Waals surface area contributed by atoms with Crippen molar-refractivity contribution in [2.75, 3.05) is 19.9 Å². The SMILES string of the molecule is CC(C)(CN)CCCCOc1cc(-c2ccc3c(c2)OCO3)cc(-c2ccccc2)n1. The van der Waals surface area contributed by atoms with Crippen molar-refractivity contribution < 1.29 is 14.2 Å². The van der Waals surface area contributed by atoms with Gasteiger partial charge in [0.25, 0.3) is 0 Å². The van der Waals surface area contributed by atoms with Crippen LogP contribution in [0.4, 0.5) is 0 Å². The van der Waals surface area contributed by atoms with Crippen molar-refractivity contribution in [1.82, 2.24) is 4.98 Å². The van der Waals surface area contributed by atoms with E-state index in [9.17, 15) is 0 Å². The minimum Gasteiger partial charge on any atom is -0.478 e. The Balaban J connectivity index is 1.54. The van der Waals surface area contributed by atoms with Gasteiger partial charge < -0.3 is 19.9 Å². The highest BCUT2D eigenvalue weighted by Crippen LogP contribution is 2.37. The summed E-state index contributed by atoms with van der Waals surface area (Å²) in [7, 11) is 0. The van der Waals surface area contributed by atoms with Crippen molar-refractivity contribution in [3.05, 3.63) is 60.7 Å². The van der Waals surface area contributed by atoms with Gasteiger partial charge in [-0.2, -0.15) is 0 Å². The van der Waals surface area contributed by atoms with Crippen molar-refractivity contribution in [1.29, 1.82) is 0 Å². The van der Waals surface area contributed by atoms with Crippen LogP contribution in [-0.4, -0.2) is 24.9 Å². The molecule has 1 aliphatic rings. The number of nitrogens with two attached hydrogens (primary N) is 1. The molecular weight excluding hydrogens is 388 g/mol. The largest absolute Gasteiger partial charge is 0.478 e. The van der Waals surface area contributed by atoms with Crippen LogP contribution < -0.4 is 19.9 Å². The summed E-state index contributed by atoms with van der Waals surface area (Å²) in [5, 5.41) is 0. The molecule has 3 aromatic rings. The average Bonchev–Trinajstić information content (AvgIpc) is 3.27. The fourth-order valence-corrected chi connectivity index (χ4v) is 3.56. The average molecular weight is 419 g/mol. The van der Waals surface area contributed by atoms with Gasteiger partial charge in [0.05, 0.1) is 12.3 Å². The number of rotatable bonds is 9. The number of pyridine rings is 1. The van der Waals surface area contributed by atoms with Gasteiger partial charge in [-0.25, -0.2) is 4.98 Å². The first-order valence-corrected chi connectivity index (χ1v) is 10.8. The number of ether oxygens (including phenoxy) is 3. The van der Waals surface area contributed by atoms with Crippen LogP contribution in [0.1, 0.15) is 33.1 Å². The van der Waals surface area contributed by atoms with Crippen molar-refractivity contribution in [2.45, 2.75) is 33.1 Å². The smallest absolute Gasteiger partial charge is 0.231 e. The summed E-state index contributed by atoms with van der Waals surface area (Å²) in [6.07, 6.45) is 3.14. The third-order valence-corrected chi connectivity index (χ3v) is 5.63. The molecule has 162 valence electrons. The van der Waals surface area contributed by atoms with Gasteiger partial charge in [-0.05, 0) is 60.5 Å². The van der Waals surface area contributed by atoms with Crippen molar-refractivity contribution in [3.8, 4) is 39.8 Å². The maximum Gasteiger partial charge on any atom is 0.231 e. The third kappa shape index (κ3) is 5.36. The molecule has 0 fully saturated rings. The summed E-state index contributed by atoms with van der Waals surface area (Å²) in [5.41, 5.74) is 10.0. The highest BCUT2D eigenvalue weighted by Gasteiger charge is 2.16.